The van der Waals surface area contributed by atoms with E-state index in [2.05, 4.69) is 112 Å². The van der Waals surface area contributed by atoms with E-state index in [0.29, 0.717) is 28.2 Å². The first kappa shape index (κ1) is 34.5. The van der Waals surface area contributed by atoms with Crippen LogP contribution in [0.3, 0.4) is 0 Å². The molecule has 72 heavy (non-hydrogen) atoms. The maximum absolute atomic E-state index is 9.08. The van der Waals surface area contributed by atoms with Gasteiger partial charge in [0.05, 0.1) is 47.1 Å². The molecular weight excluding hydrogens is 877 g/mol. The molecule has 0 saturated carbocycles. The van der Waals surface area contributed by atoms with Crippen LogP contribution in [-0.4, -0.2) is 14.1 Å². The summed E-state index contributed by atoms with van der Waals surface area (Å²) in [5.41, 5.74) is 10.8. The summed E-state index contributed by atoms with van der Waals surface area (Å²) < 4.78 is 100. The molecule has 3 heterocycles. The van der Waals surface area contributed by atoms with Gasteiger partial charge in [0, 0.05) is 28.6 Å². The van der Waals surface area contributed by atoms with Crippen LogP contribution in [-0.2, 0) is 5.41 Å². The number of fused-ring (bicyclic) bond motifs is 4. The van der Waals surface area contributed by atoms with E-state index in [-0.39, 0.29) is 39.3 Å². The van der Waals surface area contributed by atoms with Gasteiger partial charge in [-0.25, -0.2) is 4.98 Å². The second kappa shape index (κ2) is 18.2. The van der Waals surface area contributed by atoms with E-state index < -0.39 is 60.4 Å². The first-order chi connectivity index (χ1) is 39.3. The SMILES string of the molecule is [2H]c1c([2H])c([2H])c(-c2cccc(-c3c([2H])c([2H])c([2H])c([2H])c3[2H])c2-[n+]2[c-]n(-c3cccc(Oc4ccc5c6cc(-c7ccccc7)ccc6n(-c6cc(C(C)C)c(-c7ccc(C(C)(C)C)cc7)cn6)c5c4)c3)c3ccccc32)c([2H])c1[2H]. The minimum Gasteiger partial charge on any atom is -0.458 e. The van der Waals surface area contributed by atoms with Crippen LogP contribution in [0.5, 0.6) is 11.5 Å². The predicted octanol–water partition coefficient (Wildman–Crippen LogP) is 17.1. The molecule has 0 atom stereocenters. The van der Waals surface area contributed by atoms with Gasteiger partial charge in [-0.1, -0.05) is 204 Å². The normalized spacial score (nSPS) is 13.8. The average molecular weight is 941 g/mol. The summed E-state index contributed by atoms with van der Waals surface area (Å²) >= 11 is 0. The lowest BCUT2D eigenvalue weighted by atomic mass is 9.85. The van der Waals surface area contributed by atoms with Gasteiger partial charge in [0.1, 0.15) is 17.3 Å². The van der Waals surface area contributed by atoms with Crippen LogP contribution in [0.4, 0.5) is 0 Å². The summed E-state index contributed by atoms with van der Waals surface area (Å²) in [5.74, 6) is 2.04. The zero-order valence-electron chi connectivity index (χ0n) is 50.4. The third-order valence-electron chi connectivity index (χ3n) is 13.4. The maximum Gasteiger partial charge on any atom is 0.269 e. The summed E-state index contributed by atoms with van der Waals surface area (Å²) in [7, 11) is 0. The third kappa shape index (κ3) is 8.13. The summed E-state index contributed by atoms with van der Waals surface area (Å²) in [4.78, 5) is 5.21. The first-order valence-corrected chi connectivity index (χ1v) is 24.1. The number of ether oxygens (including phenoxy) is 1. The Bertz CT molecular complexity index is 4420. The van der Waals surface area contributed by atoms with Gasteiger partial charge >= 0.3 is 0 Å². The van der Waals surface area contributed by atoms with Crippen molar-refractivity contribution in [3.05, 3.63) is 248 Å². The summed E-state index contributed by atoms with van der Waals surface area (Å²) in [6.45, 7) is 11.1. The number of hydrogen-bond acceptors (Lipinski definition) is 2. The van der Waals surface area contributed by atoms with Gasteiger partial charge in [-0.15, -0.1) is 0 Å². The van der Waals surface area contributed by atoms with E-state index in [0.717, 1.165) is 49.9 Å². The number of pyridine rings is 1. The largest absolute Gasteiger partial charge is 0.458 e. The number of benzene rings is 9. The number of para-hydroxylation sites is 3. The Hall–Kier alpha value is -8.80. The molecule has 0 unspecified atom stereocenters. The molecule has 9 aromatic carbocycles. The standard InChI is InChI=1S/C67H54N4O/c1-45(2)58-42-65(68-43-60(58)49-31-34-51(35-32-49)67(3,4)5)71-61-38-33-50(46-19-9-6-10-20-46)39-59(61)57-37-36-54(41-64(57)71)72-53-26-17-25-52(40-53)69-44-70(63-30-16-15-29-62(63)69)66-55(47-21-11-7-12-22-47)27-18-28-56(66)48-23-13-8-14-24-48/h6-43,45H,1-5H3/i7D,8D,11D,12D,13D,14D,21D,22D,23D,24D. The van der Waals surface area contributed by atoms with Crippen LogP contribution in [0.1, 0.15) is 65.4 Å². The van der Waals surface area contributed by atoms with Gasteiger partial charge in [-0.3, -0.25) is 13.7 Å². The molecule has 0 aliphatic rings. The summed E-state index contributed by atoms with van der Waals surface area (Å²) in [6, 6.07) is 48.5. The second-order valence-electron chi connectivity index (χ2n) is 19.3. The highest BCUT2D eigenvalue weighted by Gasteiger charge is 2.22. The van der Waals surface area contributed by atoms with Gasteiger partial charge in [0.15, 0.2) is 0 Å². The molecule has 0 aliphatic carbocycles. The smallest absolute Gasteiger partial charge is 0.269 e. The second-order valence-corrected chi connectivity index (χ2v) is 19.3. The molecule has 0 fully saturated rings. The zero-order valence-corrected chi connectivity index (χ0v) is 40.4. The fourth-order valence-corrected chi connectivity index (χ4v) is 9.77. The van der Waals surface area contributed by atoms with E-state index >= 15 is 0 Å². The maximum atomic E-state index is 9.08. The molecule has 12 aromatic rings. The monoisotopic (exact) mass is 940 g/mol. The van der Waals surface area contributed by atoms with Crippen molar-refractivity contribution in [3.63, 3.8) is 0 Å². The van der Waals surface area contributed by atoms with Crippen molar-refractivity contribution in [2.45, 2.75) is 46.0 Å². The van der Waals surface area contributed by atoms with Gasteiger partial charge < -0.3 is 4.74 Å². The molecule has 0 spiro atoms. The Morgan fingerprint density at radius 2 is 1.21 bits per heavy atom. The van der Waals surface area contributed by atoms with Crippen LogP contribution >= 0.6 is 0 Å². The number of imidazole rings is 1. The Morgan fingerprint density at radius 1 is 0.542 bits per heavy atom. The van der Waals surface area contributed by atoms with Crippen molar-refractivity contribution in [2.24, 2.45) is 0 Å². The van der Waals surface area contributed by atoms with Gasteiger partial charge in [-0.05, 0) is 110 Å². The lowest BCUT2D eigenvalue weighted by Gasteiger charge is -2.20. The average Bonchev–Trinajstić information content (AvgIpc) is 3.78. The molecule has 3 aromatic heterocycles. The Morgan fingerprint density at radius 3 is 1.92 bits per heavy atom. The molecule has 5 heteroatoms. The molecular formula is C67H54N4O. The predicted molar refractivity (Wildman–Crippen MR) is 297 cm³/mol. The Kier molecular flexibility index (Phi) is 8.71. The van der Waals surface area contributed by atoms with Crippen LogP contribution in [0.2, 0.25) is 0 Å². The summed E-state index contributed by atoms with van der Waals surface area (Å²) in [5, 5.41) is 2.08. The quantitative estimate of drug-likeness (QED) is 0.101. The minimum atomic E-state index is -0.569. The number of nitrogens with zero attached hydrogens (tertiary/aromatic N) is 4. The highest BCUT2D eigenvalue weighted by Crippen LogP contribution is 2.40. The topological polar surface area (TPSA) is 35.9 Å². The Labute approximate surface area is 435 Å². The Balaban J connectivity index is 1.00. The van der Waals surface area contributed by atoms with Crippen LogP contribution in [0.25, 0.3) is 94.5 Å². The zero-order chi connectivity index (χ0) is 57.6. The van der Waals surface area contributed by atoms with Crippen molar-refractivity contribution < 1.29 is 23.0 Å². The van der Waals surface area contributed by atoms with E-state index in [4.69, 9.17) is 23.4 Å². The van der Waals surface area contributed by atoms with Gasteiger partial charge in [0.25, 0.3) is 6.33 Å². The molecule has 0 radical (unpaired) electrons. The van der Waals surface area contributed by atoms with Crippen molar-refractivity contribution in [2.75, 3.05) is 0 Å². The molecule has 12 rings (SSSR count). The molecule has 0 aliphatic heterocycles. The molecule has 348 valence electrons. The van der Waals surface area contributed by atoms with E-state index in [1.54, 1.807) is 27.3 Å². The van der Waals surface area contributed by atoms with Crippen molar-refractivity contribution in [1.29, 1.82) is 0 Å². The third-order valence-corrected chi connectivity index (χ3v) is 13.4. The lowest BCUT2D eigenvalue weighted by Crippen LogP contribution is -2.31. The fraction of sp³-hybridized carbons (Fsp3) is 0.104. The summed E-state index contributed by atoms with van der Waals surface area (Å²) in [6.07, 6.45) is 5.46. The lowest BCUT2D eigenvalue weighted by molar-refractivity contribution is -0.571. The molecule has 0 N–H and O–H groups in total. The van der Waals surface area contributed by atoms with Crippen molar-refractivity contribution in [3.8, 4) is 73.2 Å². The number of aromatic nitrogens is 4. The highest BCUT2D eigenvalue weighted by molar-refractivity contribution is 6.10. The van der Waals surface area contributed by atoms with Crippen LogP contribution < -0.4 is 9.30 Å². The van der Waals surface area contributed by atoms with Crippen molar-refractivity contribution in [1.82, 2.24) is 14.1 Å². The van der Waals surface area contributed by atoms with E-state index in [1.807, 2.05) is 85.1 Å². The number of hydrogen-bond donors (Lipinski definition) is 0. The van der Waals surface area contributed by atoms with Crippen molar-refractivity contribution >= 4 is 32.8 Å². The molecule has 5 nitrogen and oxygen atoms in total. The fourth-order valence-electron chi connectivity index (χ4n) is 9.77. The highest BCUT2D eigenvalue weighted by atomic mass is 16.5. The number of rotatable bonds is 10. The minimum absolute atomic E-state index is 0.0254. The molecule has 0 amide bonds. The van der Waals surface area contributed by atoms with Crippen LogP contribution in [0, 0.1) is 6.33 Å². The molecule has 0 bridgehead atoms. The first-order valence-electron chi connectivity index (χ1n) is 29.1. The molecule has 0 saturated heterocycles. The van der Waals surface area contributed by atoms with E-state index in [1.165, 1.54) is 11.1 Å². The van der Waals surface area contributed by atoms with Crippen LogP contribution in [0.15, 0.2) is 230 Å². The van der Waals surface area contributed by atoms with Gasteiger partial charge in [-0.2, -0.15) is 0 Å². The van der Waals surface area contributed by atoms with E-state index in [9.17, 15) is 0 Å². The van der Waals surface area contributed by atoms with Gasteiger partial charge in [0.2, 0.25) is 0 Å².